The molecule has 0 bridgehead atoms. The van der Waals surface area contributed by atoms with Gasteiger partial charge in [0.15, 0.2) is 11.5 Å². The summed E-state index contributed by atoms with van der Waals surface area (Å²) < 4.78 is 0. The zero-order valence-corrected chi connectivity index (χ0v) is 10.7. The molecule has 1 fully saturated rings. The molecule has 1 aromatic rings. The van der Waals surface area contributed by atoms with Crippen LogP contribution >= 0.6 is 0 Å². The number of amides is 2. The quantitative estimate of drug-likeness (QED) is 0.719. The topological polar surface area (TPSA) is 81.1 Å². The van der Waals surface area contributed by atoms with Crippen molar-refractivity contribution < 1.29 is 19.8 Å². The van der Waals surface area contributed by atoms with Gasteiger partial charge in [-0.25, -0.2) is 0 Å². The molecule has 2 rings (SSSR count). The minimum Gasteiger partial charge on any atom is -0.504 e. The molecule has 1 heterocycles. The molecule has 102 valence electrons. The first kappa shape index (κ1) is 13.2. The maximum absolute atomic E-state index is 12.2. The second kappa shape index (κ2) is 5.17. The van der Waals surface area contributed by atoms with Gasteiger partial charge < -0.3 is 20.0 Å². The van der Waals surface area contributed by atoms with Crippen molar-refractivity contribution in [3.8, 4) is 11.5 Å². The third-order valence-electron chi connectivity index (χ3n) is 3.18. The van der Waals surface area contributed by atoms with Crippen LogP contribution < -0.4 is 0 Å². The maximum atomic E-state index is 12.2. The molecule has 0 radical (unpaired) electrons. The number of carbonyl (C=O) groups is 2. The molecule has 6 heteroatoms. The molecule has 6 nitrogen and oxygen atoms in total. The number of phenols is 2. The van der Waals surface area contributed by atoms with E-state index in [0.717, 1.165) is 6.42 Å². The number of nitrogens with zero attached hydrogens (tertiary/aromatic N) is 2. The van der Waals surface area contributed by atoms with Crippen molar-refractivity contribution in [2.75, 3.05) is 26.7 Å². The van der Waals surface area contributed by atoms with Gasteiger partial charge in [0.25, 0.3) is 5.91 Å². The van der Waals surface area contributed by atoms with Crippen molar-refractivity contribution in [3.05, 3.63) is 23.8 Å². The summed E-state index contributed by atoms with van der Waals surface area (Å²) in [5, 5.41) is 18.6. The fraction of sp³-hybridized carbons (Fsp3) is 0.385. The Morgan fingerprint density at radius 2 is 1.95 bits per heavy atom. The van der Waals surface area contributed by atoms with E-state index in [2.05, 4.69) is 0 Å². The molecule has 19 heavy (non-hydrogen) atoms. The van der Waals surface area contributed by atoms with Gasteiger partial charge in [-0.2, -0.15) is 0 Å². The van der Waals surface area contributed by atoms with Crippen LogP contribution in [0.25, 0.3) is 0 Å². The average Bonchev–Trinajstić information content (AvgIpc) is 2.55. The van der Waals surface area contributed by atoms with Crippen LogP contribution in [0.15, 0.2) is 18.2 Å². The molecule has 0 atom stereocenters. The number of likely N-dealkylation sites (N-methyl/N-ethyl adjacent to an activating group) is 1. The molecule has 2 amide bonds. The zero-order valence-electron chi connectivity index (χ0n) is 10.7. The van der Waals surface area contributed by atoms with Gasteiger partial charge in [-0.1, -0.05) is 0 Å². The number of benzene rings is 1. The Morgan fingerprint density at radius 3 is 2.63 bits per heavy atom. The van der Waals surface area contributed by atoms with Gasteiger partial charge >= 0.3 is 0 Å². The summed E-state index contributed by atoms with van der Waals surface area (Å²) in [7, 11) is 1.71. The first-order valence-corrected chi connectivity index (χ1v) is 6.04. The van der Waals surface area contributed by atoms with Gasteiger partial charge in [0.1, 0.15) is 6.54 Å². The Kier molecular flexibility index (Phi) is 3.59. The number of carbonyl (C=O) groups excluding carboxylic acids is 2. The third-order valence-corrected chi connectivity index (χ3v) is 3.18. The molecule has 0 unspecified atom stereocenters. The summed E-state index contributed by atoms with van der Waals surface area (Å²) in [6.45, 7) is 1.16. The monoisotopic (exact) mass is 264 g/mol. The third kappa shape index (κ3) is 2.78. The molecule has 1 saturated heterocycles. The summed E-state index contributed by atoms with van der Waals surface area (Å²) in [6.07, 6.45) is 0.720. The van der Waals surface area contributed by atoms with E-state index in [-0.39, 0.29) is 35.4 Å². The van der Waals surface area contributed by atoms with E-state index in [0.29, 0.717) is 13.1 Å². The molecule has 0 aliphatic carbocycles. The summed E-state index contributed by atoms with van der Waals surface area (Å²) >= 11 is 0. The van der Waals surface area contributed by atoms with E-state index in [1.165, 1.54) is 23.1 Å². The van der Waals surface area contributed by atoms with Gasteiger partial charge in [0.05, 0.1) is 0 Å². The van der Waals surface area contributed by atoms with Crippen molar-refractivity contribution in [2.45, 2.75) is 6.42 Å². The molecule has 2 N–H and O–H groups in total. The second-order valence-electron chi connectivity index (χ2n) is 4.60. The number of hydrogen-bond acceptors (Lipinski definition) is 4. The Labute approximate surface area is 110 Å². The van der Waals surface area contributed by atoms with E-state index >= 15 is 0 Å². The first-order valence-electron chi connectivity index (χ1n) is 6.04. The van der Waals surface area contributed by atoms with Crippen LogP contribution in [0.5, 0.6) is 11.5 Å². The fourth-order valence-corrected chi connectivity index (χ4v) is 2.00. The second-order valence-corrected chi connectivity index (χ2v) is 4.60. The SMILES string of the molecule is CN1CCCN(C(=O)c2ccc(O)c(O)c2)CC1=O. The average molecular weight is 264 g/mol. The Bertz CT molecular complexity index is 515. The first-order chi connectivity index (χ1) is 8.99. The van der Waals surface area contributed by atoms with E-state index < -0.39 is 0 Å². The predicted octanol–water partition coefficient (Wildman–Crippen LogP) is 0.402. The largest absolute Gasteiger partial charge is 0.504 e. The van der Waals surface area contributed by atoms with Crippen LogP contribution in [-0.2, 0) is 4.79 Å². The summed E-state index contributed by atoms with van der Waals surface area (Å²) in [4.78, 5) is 27.0. The molecule has 0 aromatic heterocycles. The van der Waals surface area contributed by atoms with E-state index in [4.69, 9.17) is 0 Å². The summed E-state index contributed by atoms with van der Waals surface area (Å²) in [5.41, 5.74) is 0.257. The van der Waals surface area contributed by atoms with Crippen LogP contribution in [-0.4, -0.2) is 58.5 Å². The van der Waals surface area contributed by atoms with Gasteiger partial charge in [-0.15, -0.1) is 0 Å². The maximum Gasteiger partial charge on any atom is 0.254 e. The van der Waals surface area contributed by atoms with E-state index in [1.807, 2.05) is 0 Å². The number of phenolic OH excluding ortho intramolecular Hbond substituents is 2. The smallest absolute Gasteiger partial charge is 0.254 e. The van der Waals surface area contributed by atoms with Crippen molar-refractivity contribution in [2.24, 2.45) is 0 Å². The van der Waals surface area contributed by atoms with Gasteiger partial charge in [0, 0.05) is 25.7 Å². The highest BCUT2D eigenvalue weighted by molar-refractivity contribution is 5.97. The Hall–Kier alpha value is -2.24. The zero-order chi connectivity index (χ0) is 14.0. The van der Waals surface area contributed by atoms with Crippen molar-refractivity contribution in [3.63, 3.8) is 0 Å². The van der Waals surface area contributed by atoms with E-state index in [1.54, 1.807) is 11.9 Å². The van der Waals surface area contributed by atoms with E-state index in [9.17, 15) is 19.8 Å². The molecular weight excluding hydrogens is 248 g/mol. The fourth-order valence-electron chi connectivity index (χ4n) is 2.00. The lowest BCUT2D eigenvalue weighted by Crippen LogP contribution is -2.38. The lowest BCUT2D eigenvalue weighted by atomic mass is 10.1. The van der Waals surface area contributed by atoms with Crippen molar-refractivity contribution in [1.29, 1.82) is 0 Å². The van der Waals surface area contributed by atoms with Crippen LogP contribution in [0.2, 0.25) is 0 Å². The van der Waals surface area contributed by atoms with Crippen molar-refractivity contribution in [1.82, 2.24) is 9.80 Å². The standard InChI is InChI=1S/C13H16N2O4/c1-14-5-2-6-15(8-12(14)18)13(19)9-3-4-10(16)11(17)7-9/h3-4,7,16-17H,2,5-6,8H2,1H3. The Morgan fingerprint density at radius 1 is 1.21 bits per heavy atom. The van der Waals surface area contributed by atoms with Crippen molar-refractivity contribution >= 4 is 11.8 Å². The molecule has 1 aliphatic heterocycles. The molecular formula is C13H16N2O4. The highest BCUT2D eigenvalue weighted by atomic mass is 16.3. The van der Waals surface area contributed by atoms with Crippen LogP contribution in [0.4, 0.5) is 0 Å². The molecule has 1 aliphatic rings. The van der Waals surface area contributed by atoms with Gasteiger partial charge in [-0.3, -0.25) is 9.59 Å². The van der Waals surface area contributed by atoms with Crippen LogP contribution in [0.3, 0.4) is 0 Å². The number of aromatic hydroxyl groups is 2. The lowest BCUT2D eigenvalue weighted by molar-refractivity contribution is -0.129. The minimum absolute atomic E-state index is 0.0387. The number of hydrogen-bond donors (Lipinski definition) is 2. The van der Waals surface area contributed by atoms with Gasteiger partial charge in [-0.05, 0) is 24.6 Å². The molecule has 1 aromatic carbocycles. The predicted molar refractivity (Wildman–Crippen MR) is 67.9 cm³/mol. The van der Waals surface area contributed by atoms with Crippen LogP contribution in [0, 0.1) is 0 Å². The number of rotatable bonds is 1. The van der Waals surface area contributed by atoms with Gasteiger partial charge in [0.2, 0.25) is 5.91 Å². The van der Waals surface area contributed by atoms with Crippen LogP contribution in [0.1, 0.15) is 16.8 Å². The molecule has 0 spiro atoms. The Balaban J connectivity index is 2.18. The summed E-state index contributed by atoms with van der Waals surface area (Å²) in [5.74, 6) is -1.04. The summed E-state index contributed by atoms with van der Waals surface area (Å²) in [6, 6.07) is 3.89. The molecule has 0 saturated carbocycles. The minimum atomic E-state index is -0.343. The lowest BCUT2D eigenvalue weighted by Gasteiger charge is -2.19. The normalized spacial score (nSPS) is 16.4. The highest BCUT2D eigenvalue weighted by Gasteiger charge is 2.24. The highest BCUT2D eigenvalue weighted by Crippen LogP contribution is 2.25.